The molecular formula is C20H18N4O4. The zero-order valence-corrected chi connectivity index (χ0v) is 14.9. The first-order valence-corrected chi connectivity index (χ1v) is 9.06. The predicted octanol–water partition coefficient (Wildman–Crippen LogP) is 0.852. The highest BCUT2D eigenvalue weighted by molar-refractivity contribution is 5.96. The van der Waals surface area contributed by atoms with Crippen molar-refractivity contribution in [1.29, 1.82) is 0 Å². The van der Waals surface area contributed by atoms with Gasteiger partial charge in [-0.15, -0.1) is 0 Å². The van der Waals surface area contributed by atoms with Crippen LogP contribution in [0.25, 0.3) is 10.9 Å². The third kappa shape index (κ3) is 2.45. The van der Waals surface area contributed by atoms with Gasteiger partial charge in [0, 0.05) is 29.4 Å². The number of rotatable bonds is 3. The van der Waals surface area contributed by atoms with E-state index in [-0.39, 0.29) is 23.2 Å². The van der Waals surface area contributed by atoms with E-state index in [0.717, 1.165) is 16.5 Å². The molecule has 5 rings (SSSR count). The minimum absolute atomic E-state index is 0.127. The second kappa shape index (κ2) is 6.07. The number of ether oxygens (including phenoxy) is 1. The quantitative estimate of drug-likeness (QED) is 0.704. The molecule has 8 heteroatoms. The number of amides is 2. The fourth-order valence-corrected chi connectivity index (χ4v) is 4.16. The van der Waals surface area contributed by atoms with Crippen molar-refractivity contribution in [2.24, 2.45) is 5.73 Å². The first-order valence-electron chi connectivity index (χ1n) is 9.06. The number of carbonyl (C=O) groups is 2. The largest absolute Gasteiger partial charge is 0.365 e. The summed E-state index contributed by atoms with van der Waals surface area (Å²) in [5.41, 5.74) is 7.00. The van der Waals surface area contributed by atoms with Gasteiger partial charge >= 0.3 is 0 Å². The van der Waals surface area contributed by atoms with E-state index in [1.54, 1.807) is 9.47 Å². The van der Waals surface area contributed by atoms with E-state index in [1.165, 1.54) is 12.3 Å². The minimum atomic E-state index is -0.806. The monoisotopic (exact) mass is 378 g/mol. The molecule has 0 aliphatic carbocycles. The lowest BCUT2D eigenvalue weighted by molar-refractivity contribution is 0.00626. The summed E-state index contributed by atoms with van der Waals surface area (Å²) in [5, 5.41) is 1.12. The molecule has 2 aromatic heterocycles. The lowest BCUT2D eigenvalue weighted by atomic mass is 10.0. The fraction of sp³-hybridized carbons (Fsp3) is 0.250. The van der Waals surface area contributed by atoms with Crippen molar-refractivity contribution in [2.75, 3.05) is 6.61 Å². The molecule has 3 aromatic rings. The predicted molar refractivity (Wildman–Crippen MR) is 101 cm³/mol. The molecule has 3 N–H and O–H groups in total. The van der Waals surface area contributed by atoms with Crippen LogP contribution in [0.4, 0.5) is 0 Å². The molecule has 142 valence electrons. The van der Waals surface area contributed by atoms with Crippen molar-refractivity contribution >= 4 is 22.7 Å². The molecule has 0 bridgehead atoms. The van der Waals surface area contributed by atoms with Crippen molar-refractivity contribution in [1.82, 2.24) is 14.5 Å². The number of nitrogens with two attached hydrogens (primary N) is 1. The SMILES string of the molecule is NC(=O)c1cn2c(cc1=O)C(=O)N1C(Cc3c[nH]c4ccccc34)COC1C2. The highest BCUT2D eigenvalue weighted by atomic mass is 16.5. The molecule has 0 spiro atoms. The van der Waals surface area contributed by atoms with Gasteiger partial charge in [-0.2, -0.15) is 0 Å². The molecule has 1 aromatic carbocycles. The number of fused-ring (bicyclic) bond motifs is 3. The van der Waals surface area contributed by atoms with E-state index >= 15 is 0 Å². The summed E-state index contributed by atoms with van der Waals surface area (Å²) in [4.78, 5) is 41.6. The average Bonchev–Trinajstić information content (AvgIpc) is 3.27. The summed E-state index contributed by atoms with van der Waals surface area (Å²) in [5.74, 6) is -1.08. The lowest BCUT2D eigenvalue weighted by Crippen LogP contribution is -2.50. The van der Waals surface area contributed by atoms with Crippen molar-refractivity contribution in [3.8, 4) is 0 Å². The Morgan fingerprint density at radius 2 is 2.11 bits per heavy atom. The first-order chi connectivity index (χ1) is 13.5. The normalized spacial score (nSPS) is 21.0. The Morgan fingerprint density at radius 1 is 1.29 bits per heavy atom. The molecule has 28 heavy (non-hydrogen) atoms. The standard InChI is InChI=1S/C20H18N4O4/c21-19(26)14-8-23-9-18-24(20(27)16(23)6-17(14)25)12(10-28-18)5-11-7-22-15-4-2-1-3-13(11)15/h1-4,6-8,12,18,22H,5,9-10H2,(H2,21,26). The Balaban J connectivity index is 1.48. The smallest absolute Gasteiger partial charge is 0.273 e. The second-order valence-corrected chi connectivity index (χ2v) is 7.17. The number of aromatic nitrogens is 2. The summed E-state index contributed by atoms with van der Waals surface area (Å²) in [6.45, 7) is 0.767. The second-order valence-electron chi connectivity index (χ2n) is 7.17. The molecule has 0 radical (unpaired) electrons. The van der Waals surface area contributed by atoms with E-state index < -0.39 is 17.6 Å². The van der Waals surface area contributed by atoms with E-state index in [0.29, 0.717) is 19.6 Å². The van der Waals surface area contributed by atoms with Crippen LogP contribution in [0.2, 0.25) is 0 Å². The fourth-order valence-electron chi connectivity index (χ4n) is 4.16. The van der Waals surface area contributed by atoms with Gasteiger partial charge in [-0.1, -0.05) is 18.2 Å². The van der Waals surface area contributed by atoms with Crippen molar-refractivity contribution in [3.63, 3.8) is 0 Å². The Labute approximate surface area is 159 Å². The van der Waals surface area contributed by atoms with E-state index in [9.17, 15) is 14.4 Å². The number of nitrogens with zero attached hydrogens (tertiary/aromatic N) is 2. The molecule has 8 nitrogen and oxygen atoms in total. The topological polar surface area (TPSA) is 110 Å². The van der Waals surface area contributed by atoms with Crippen LogP contribution in [0.1, 0.15) is 26.4 Å². The zero-order valence-electron chi connectivity index (χ0n) is 14.9. The lowest BCUT2D eigenvalue weighted by Gasteiger charge is -2.34. The van der Waals surface area contributed by atoms with Gasteiger partial charge in [-0.3, -0.25) is 14.4 Å². The molecule has 1 fully saturated rings. The third-order valence-corrected chi connectivity index (χ3v) is 5.51. The molecule has 2 amide bonds. The molecule has 1 saturated heterocycles. The maximum atomic E-state index is 13.1. The molecule has 2 aliphatic heterocycles. The minimum Gasteiger partial charge on any atom is -0.365 e. The molecule has 2 aliphatic rings. The molecule has 0 saturated carbocycles. The number of para-hydroxylation sites is 1. The molecule has 4 heterocycles. The Morgan fingerprint density at radius 3 is 2.93 bits per heavy atom. The van der Waals surface area contributed by atoms with Crippen LogP contribution in [0, 0.1) is 0 Å². The number of aromatic amines is 1. The number of hydrogen-bond donors (Lipinski definition) is 2. The number of nitrogens with one attached hydrogen (secondary N) is 1. The molecular weight excluding hydrogens is 360 g/mol. The summed E-state index contributed by atoms with van der Waals surface area (Å²) in [6, 6.07) is 9.08. The Kier molecular flexibility index (Phi) is 3.63. The number of H-pyrrole nitrogens is 1. The average molecular weight is 378 g/mol. The highest BCUT2D eigenvalue weighted by Crippen LogP contribution is 2.29. The maximum Gasteiger partial charge on any atom is 0.273 e. The number of primary amides is 1. The van der Waals surface area contributed by atoms with E-state index in [2.05, 4.69) is 4.98 Å². The van der Waals surface area contributed by atoms with Gasteiger partial charge in [0.05, 0.1) is 19.2 Å². The number of hydrogen-bond acceptors (Lipinski definition) is 4. The van der Waals surface area contributed by atoms with Crippen LogP contribution >= 0.6 is 0 Å². The van der Waals surface area contributed by atoms with Crippen LogP contribution in [0.3, 0.4) is 0 Å². The maximum absolute atomic E-state index is 13.1. The Bertz CT molecular complexity index is 1180. The molecule has 2 unspecified atom stereocenters. The van der Waals surface area contributed by atoms with E-state index in [1.807, 2.05) is 30.5 Å². The van der Waals surface area contributed by atoms with Gasteiger partial charge in [-0.25, -0.2) is 0 Å². The van der Waals surface area contributed by atoms with Crippen LogP contribution in [0.15, 0.2) is 47.5 Å². The highest BCUT2D eigenvalue weighted by Gasteiger charge is 2.43. The number of benzene rings is 1. The van der Waals surface area contributed by atoms with Gasteiger partial charge in [-0.05, 0) is 18.1 Å². The summed E-state index contributed by atoms with van der Waals surface area (Å²) in [7, 11) is 0. The van der Waals surface area contributed by atoms with Gasteiger partial charge in [0.1, 0.15) is 11.3 Å². The van der Waals surface area contributed by atoms with Crippen molar-refractivity contribution < 1.29 is 14.3 Å². The van der Waals surface area contributed by atoms with Gasteiger partial charge in [0.25, 0.3) is 11.8 Å². The van der Waals surface area contributed by atoms with Gasteiger partial charge < -0.3 is 24.9 Å². The Hall–Kier alpha value is -3.39. The van der Waals surface area contributed by atoms with Gasteiger partial charge in [0.2, 0.25) is 0 Å². The van der Waals surface area contributed by atoms with Crippen LogP contribution in [-0.2, 0) is 17.7 Å². The van der Waals surface area contributed by atoms with Crippen molar-refractivity contribution in [3.05, 3.63) is 69.8 Å². The van der Waals surface area contributed by atoms with Crippen molar-refractivity contribution in [2.45, 2.75) is 25.2 Å². The summed E-state index contributed by atoms with van der Waals surface area (Å²) in [6.07, 6.45) is 3.53. The third-order valence-electron chi connectivity index (χ3n) is 5.51. The number of carbonyl (C=O) groups excluding carboxylic acids is 2. The van der Waals surface area contributed by atoms with Crippen LogP contribution < -0.4 is 11.2 Å². The first kappa shape index (κ1) is 16.8. The van der Waals surface area contributed by atoms with E-state index in [4.69, 9.17) is 10.5 Å². The zero-order chi connectivity index (χ0) is 19.4. The number of pyridine rings is 1. The van der Waals surface area contributed by atoms with Crippen LogP contribution in [-0.4, -0.2) is 45.1 Å². The summed E-state index contributed by atoms with van der Waals surface area (Å²) < 4.78 is 7.45. The summed E-state index contributed by atoms with van der Waals surface area (Å²) >= 11 is 0. The van der Waals surface area contributed by atoms with Gasteiger partial charge in [0.15, 0.2) is 11.7 Å². The molecule has 2 atom stereocenters. The van der Waals surface area contributed by atoms with Crippen LogP contribution in [0.5, 0.6) is 0 Å².